The summed E-state index contributed by atoms with van der Waals surface area (Å²) >= 11 is -2.51. The van der Waals surface area contributed by atoms with Gasteiger partial charge in [-0.3, -0.25) is 19.2 Å². The van der Waals surface area contributed by atoms with Gasteiger partial charge in [0.05, 0.1) is 11.4 Å². The molecule has 0 bridgehead atoms. The van der Waals surface area contributed by atoms with Crippen molar-refractivity contribution in [1.29, 1.82) is 0 Å². The number of carbonyl (C=O) groups excluding carboxylic acids is 4. The van der Waals surface area contributed by atoms with E-state index in [9.17, 15) is 19.2 Å². The van der Waals surface area contributed by atoms with Crippen LogP contribution in [-0.4, -0.2) is 35.5 Å². The molecule has 0 aromatic carbocycles. The van der Waals surface area contributed by atoms with Gasteiger partial charge in [-0.1, -0.05) is 120 Å². The minimum absolute atomic E-state index is 0.0247. The molecule has 3 rings (SSSR count). The zero-order chi connectivity index (χ0) is 41.0. The fourth-order valence-electron chi connectivity index (χ4n) is 6.70. The van der Waals surface area contributed by atoms with Crippen LogP contribution in [0.4, 0.5) is 0 Å². The Hall–Kier alpha value is -3.03. The molecule has 1 saturated carbocycles. The molecule has 0 saturated heterocycles. The molecule has 2 amide bonds. The predicted octanol–water partition coefficient (Wildman–Crippen LogP) is 8.84. The van der Waals surface area contributed by atoms with Crippen molar-refractivity contribution >= 4 is 23.4 Å². The van der Waals surface area contributed by atoms with Crippen LogP contribution >= 0.6 is 0 Å². The molecule has 0 aliphatic heterocycles. The summed E-state index contributed by atoms with van der Waals surface area (Å²) < 4.78 is 17.2. The molecule has 3 aliphatic rings. The van der Waals surface area contributed by atoms with Crippen LogP contribution in [0.25, 0.3) is 0 Å². The molecular weight excluding hydrogens is 919 g/mol. The molecule has 4 N–H and O–H groups in total. The Morgan fingerprint density at radius 1 is 0.618 bits per heavy atom. The number of allylic oxidation sites excluding steroid dienone is 8. The van der Waals surface area contributed by atoms with Crippen molar-refractivity contribution in [2.45, 2.75) is 170 Å². The molecule has 2 atom stereocenters. The van der Waals surface area contributed by atoms with Crippen molar-refractivity contribution in [3.8, 4) is 0 Å². The van der Waals surface area contributed by atoms with E-state index < -0.39 is 27.8 Å². The van der Waals surface area contributed by atoms with E-state index in [1.54, 1.807) is 12.4 Å². The van der Waals surface area contributed by atoms with E-state index in [0.29, 0.717) is 35.4 Å². The zero-order valence-electron chi connectivity index (χ0n) is 34.9. The Balaban J connectivity index is 0.00000337. The van der Waals surface area contributed by atoms with E-state index in [2.05, 4.69) is 76.7 Å². The van der Waals surface area contributed by atoms with Gasteiger partial charge in [0.1, 0.15) is 0 Å². The monoisotopic (exact) mass is 987 g/mol. The molecule has 55 heavy (non-hydrogen) atoms. The van der Waals surface area contributed by atoms with Gasteiger partial charge < -0.3 is 21.3 Å². The first-order valence-corrected chi connectivity index (χ1v) is 23.9. The summed E-state index contributed by atoms with van der Waals surface area (Å²) in [7, 11) is 0. The van der Waals surface area contributed by atoms with E-state index in [1.807, 2.05) is 24.3 Å². The Morgan fingerprint density at radius 3 is 1.29 bits per heavy atom. The summed E-state index contributed by atoms with van der Waals surface area (Å²) in [4.78, 5) is 52.9. The summed E-state index contributed by atoms with van der Waals surface area (Å²) in [5.41, 5.74) is 3.21. The summed E-state index contributed by atoms with van der Waals surface area (Å²) in [5.74, 6) is -0.636. The van der Waals surface area contributed by atoms with Gasteiger partial charge in [-0.2, -0.15) is 0 Å². The Bertz CT molecular complexity index is 1450. The zero-order valence-corrected chi connectivity index (χ0v) is 39.0. The van der Waals surface area contributed by atoms with Gasteiger partial charge in [-0.15, -0.1) is 0 Å². The van der Waals surface area contributed by atoms with Crippen LogP contribution < -0.4 is 21.3 Å². The number of hydrogen-bond acceptors (Lipinski definition) is 8. The van der Waals surface area contributed by atoms with Gasteiger partial charge in [-0.25, -0.2) is 0 Å². The second-order valence-electron chi connectivity index (χ2n) is 17.0. The van der Waals surface area contributed by atoms with Crippen LogP contribution in [0.2, 0.25) is 0 Å². The van der Waals surface area contributed by atoms with Crippen molar-refractivity contribution in [2.75, 3.05) is 0 Å². The van der Waals surface area contributed by atoms with Gasteiger partial charge in [0.15, 0.2) is 0 Å². The number of Topliss-reactive ketones (excluding diaryl/α,β-unsaturated/α-hetero) is 2. The molecule has 0 unspecified atom stereocenters. The van der Waals surface area contributed by atoms with E-state index in [0.717, 1.165) is 88.2 Å². The third-order valence-electron chi connectivity index (χ3n) is 10.2. The minimum atomic E-state index is -2.51. The van der Waals surface area contributed by atoms with Crippen molar-refractivity contribution in [1.82, 2.24) is 21.3 Å². The summed E-state index contributed by atoms with van der Waals surface area (Å²) in [6.45, 7) is 17.0. The predicted molar refractivity (Wildman–Crippen MR) is 214 cm³/mol. The van der Waals surface area contributed by atoms with Crippen molar-refractivity contribution in [3.05, 3.63) is 70.4 Å². The molecule has 0 heterocycles. The number of unbranched alkanes of at least 4 members (excludes halogenated alkanes) is 8. The maximum absolute atomic E-state index is 13.6. The quantitative estimate of drug-likeness (QED) is 0.0787. The Labute approximate surface area is 345 Å². The van der Waals surface area contributed by atoms with Crippen LogP contribution in [0.5, 0.6) is 0 Å². The van der Waals surface area contributed by atoms with E-state index >= 15 is 0 Å². The third-order valence-corrected chi connectivity index (χ3v) is 10.2. The molecule has 3 aliphatic carbocycles. The average molecular weight is 987 g/mol. The molecule has 0 spiro atoms. The second kappa shape index (κ2) is 24.6. The normalized spacial score (nSPS) is 20.3. The Kier molecular flexibility index (Phi) is 21.5. The molecule has 0 aromatic heterocycles. The number of nitrogens with one attached hydrogen (secondary N) is 4. The van der Waals surface area contributed by atoms with E-state index in [4.69, 9.17) is 4.47 Å². The molecule has 11 heteroatoms. The first-order chi connectivity index (χ1) is 26.0. The first-order valence-electron chi connectivity index (χ1n) is 20.5. The molecule has 0 radical (unpaired) electrons. The SMILES string of the molecule is CCCCCCCC(=O)NC1=CC(C(C)(C)C)=C/C(=C/N[C@H]2CCCC[C@H]2N/C=C2/C=C(C(C)(C)C)C=C(NC(=O)CCCCCCC)C2=O)C1=O.[O]=[U]=[O]. The second-order valence-corrected chi connectivity index (χ2v) is 17.7. The molecule has 304 valence electrons. The topological polar surface area (TPSA) is 151 Å². The maximum atomic E-state index is 13.6. The fourth-order valence-corrected chi connectivity index (χ4v) is 6.70. The Morgan fingerprint density at radius 2 is 0.964 bits per heavy atom. The summed E-state index contributed by atoms with van der Waals surface area (Å²) in [6, 6.07) is 0.0493. The van der Waals surface area contributed by atoms with Crippen LogP contribution in [-0.2, 0) is 23.6 Å². The standard InChI is InChI=1S/C44H68N4O4.2O.U/c1-9-11-13-15-17-23-39(49)47-37-27-33(43(3,4)5)25-31(41(37)51)29-45-35-21-19-20-22-36(35)46-30-32-26-34(44(6,7)8)28-38(42(32)52)48-40(50)24-18-16-14-12-10-2;;;/h25-30,35-36,45-46H,9-24H2,1-8H3,(H,47,49)(H,48,50);;;/b31-29-,32-30-;;;/t35-,36+;;;. The molecule has 0 aromatic rings. The van der Waals surface area contributed by atoms with Crippen molar-refractivity contribution < 1.29 is 51.5 Å². The first kappa shape index (κ1) is 48.1. The number of amides is 2. The number of carbonyl (C=O) groups is 4. The van der Waals surface area contributed by atoms with Gasteiger partial charge in [0.25, 0.3) is 0 Å². The average Bonchev–Trinajstić information content (AvgIpc) is 3.11. The fraction of sp³-hybridized carbons (Fsp3) is 0.636. The number of rotatable bonds is 18. The van der Waals surface area contributed by atoms with Crippen molar-refractivity contribution in [2.24, 2.45) is 10.8 Å². The van der Waals surface area contributed by atoms with Crippen molar-refractivity contribution in [3.63, 3.8) is 0 Å². The van der Waals surface area contributed by atoms with E-state index in [1.165, 1.54) is 12.8 Å². The number of ketones is 2. The van der Waals surface area contributed by atoms with E-state index in [-0.39, 0.29) is 46.3 Å². The molecular formula is C44H68N4O6U. The summed E-state index contributed by atoms with van der Waals surface area (Å²) in [5, 5.41) is 12.9. The van der Waals surface area contributed by atoms with Crippen LogP contribution in [0, 0.1) is 38.6 Å². The van der Waals surface area contributed by atoms with Gasteiger partial charge in [-0.05, 0) is 72.0 Å². The number of hydrogen-bond donors (Lipinski definition) is 4. The van der Waals surface area contributed by atoms with Gasteiger partial charge in [0, 0.05) is 48.5 Å². The van der Waals surface area contributed by atoms with Crippen LogP contribution in [0.3, 0.4) is 0 Å². The molecule has 1 fully saturated rings. The van der Waals surface area contributed by atoms with Gasteiger partial charge >= 0.3 is 32.3 Å². The summed E-state index contributed by atoms with van der Waals surface area (Å²) in [6.07, 6.45) is 26.4. The van der Waals surface area contributed by atoms with Gasteiger partial charge in [0.2, 0.25) is 23.4 Å². The van der Waals surface area contributed by atoms with Crippen LogP contribution in [0.15, 0.2) is 70.4 Å². The molecule has 10 nitrogen and oxygen atoms in total. The third kappa shape index (κ3) is 17.3. The van der Waals surface area contributed by atoms with Crippen LogP contribution in [0.1, 0.15) is 158 Å².